The quantitative estimate of drug-likeness (QED) is 0.442. The fourth-order valence-electron chi connectivity index (χ4n) is 4.76. The van der Waals surface area contributed by atoms with Crippen molar-refractivity contribution in [2.75, 3.05) is 12.4 Å². The molecule has 0 spiro atoms. The summed E-state index contributed by atoms with van der Waals surface area (Å²) < 4.78 is 27.7. The van der Waals surface area contributed by atoms with E-state index < -0.39 is 24.3 Å². The average Bonchev–Trinajstić information content (AvgIpc) is 3.66. The number of hydrogen-bond donors (Lipinski definition) is 3. The second-order valence-electron chi connectivity index (χ2n) is 10.3. The van der Waals surface area contributed by atoms with Crippen molar-refractivity contribution in [2.24, 2.45) is 0 Å². The maximum atomic E-state index is 15.2. The maximum Gasteiger partial charge on any atom is 0.407 e. The molecule has 0 bridgehead atoms. The number of ether oxygens (including phenoxy) is 2. The van der Waals surface area contributed by atoms with Gasteiger partial charge >= 0.3 is 6.09 Å². The molecular formula is C24H30FN7O3. The first-order valence-electron chi connectivity index (χ1n) is 12.2. The number of aromatic amines is 1. The molecule has 1 amide bonds. The topological polar surface area (TPSA) is 118 Å². The van der Waals surface area contributed by atoms with Gasteiger partial charge in [-0.3, -0.25) is 5.10 Å². The lowest BCUT2D eigenvalue weighted by molar-refractivity contribution is 0.0546. The van der Waals surface area contributed by atoms with E-state index in [0.717, 1.165) is 42.6 Å². The van der Waals surface area contributed by atoms with Crippen LogP contribution in [-0.4, -0.2) is 55.8 Å². The van der Waals surface area contributed by atoms with Gasteiger partial charge in [0.05, 0.1) is 24.2 Å². The van der Waals surface area contributed by atoms with Crippen molar-refractivity contribution in [3.63, 3.8) is 0 Å². The lowest BCUT2D eigenvalue weighted by Crippen LogP contribution is -2.38. The van der Waals surface area contributed by atoms with Gasteiger partial charge < -0.3 is 20.1 Å². The smallest absolute Gasteiger partial charge is 0.407 e. The molecule has 11 heteroatoms. The number of anilines is 2. The minimum Gasteiger partial charge on any atom is -0.443 e. The largest absolute Gasteiger partial charge is 0.443 e. The van der Waals surface area contributed by atoms with Crippen molar-refractivity contribution in [1.29, 1.82) is 0 Å². The fraction of sp³-hybridized carbons (Fsp3) is 0.583. The zero-order valence-electron chi connectivity index (χ0n) is 19.9. The number of nitrogens with one attached hydrogen (secondary N) is 3. The summed E-state index contributed by atoms with van der Waals surface area (Å²) >= 11 is 0. The first kappa shape index (κ1) is 22.3. The van der Waals surface area contributed by atoms with Crippen LogP contribution in [0.4, 0.5) is 20.8 Å². The van der Waals surface area contributed by atoms with Crippen LogP contribution < -0.4 is 10.6 Å². The van der Waals surface area contributed by atoms with E-state index in [4.69, 9.17) is 14.5 Å². The monoisotopic (exact) mass is 483 g/mol. The maximum absolute atomic E-state index is 15.2. The predicted molar refractivity (Wildman–Crippen MR) is 125 cm³/mol. The Morgan fingerprint density at radius 1 is 1.29 bits per heavy atom. The summed E-state index contributed by atoms with van der Waals surface area (Å²) in [5, 5.41) is 18.0. The molecule has 35 heavy (non-hydrogen) atoms. The van der Waals surface area contributed by atoms with Crippen LogP contribution in [0.5, 0.6) is 0 Å². The highest BCUT2D eigenvalue weighted by molar-refractivity contribution is 5.73. The second-order valence-corrected chi connectivity index (χ2v) is 10.3. The molecule has 10 nitrogen and oxygen atoms in total. The molecule has 3 N–H and O–H groups in total. The number of nitrogens with zero attached hydrogens (tertiary/aromatic N) is 4. The molecule has 3 fully saturated rings. The molecule has 0 saturated heterocycles. The van der Waals surface area contributed by atoms with Crippen LogP contribution >= 0.6 is 0 Å². The molecule has 0 aliphatic heterocycles. The van der Waals surface area contributed by atoms with Crippen molar-refractivity contribution in [1.82, 2.24) is 30.1 Å². The van der Waals surface area contributed by atoms with Gasteiger partial charge in [-0.15, -0.1) is 0 Å². The summed E-state index contributed by atoms with van der Waals surface area (Å²) in [4.78, 5) is 17.0. The second kappa shape index (κ2) is 8.47. The summed E-state index contributed by atoms with van der Waals surface area (Å²) in [6, 6.07) is 3.74. The molecule has 6 rings (SSSR count). The molecule has 0 aromatic carbocycles. The van der Waals surface area contributed by atoms with Gasteiger partial charge in [-0.05, 0) is 51.5 Å². The first-order valence-corrected chi connectivity index (χ1v) is 12.2. The van der Waals surface area contributed by atoms with E-state index in [1.54, 1.807) is 13.2 Å². The molecular weight excluding hydrogens is 453 g/mol. The summed E-state index contributed by atoms with van der Waals surface area (Å²) in [6.07, 6.45) is 4.52. The van der Waals surface area contributed by atoms with E-state index >= 15 is 4.39 Å². The van der Waals surface area contributed by atoms with Gasteiger partial charge in [-0.2, -0.15) is 10.2 Å². The van der Waals surface area contributed by atoms with Crippen molar-refractivity contribution in [2.45, 2.75) is 81.7 Å². The van der Waals surface area contributed by atoms with E-state index in [9.17, 15) is 4.79 Å². The molecule has 3 aliphatic rings. The third-order valence-corrected chi connectivity index (χ3v) is 7.22. The number of alkyl carbamates (subject to hydrolysis) is 1. The van der Waals surface area contributed by atoms with Crippen LogP contribution in [0.25, 0.3) is 5.52 Å². The summed E-state index contributed by atoms with van der Waals surface area (Å²) in [7, 11) is 1.64. The Balaban J connectivity index is 1.17. The number of carbonyl (C=O) groups excluding carboxylic acids is 1. The van der Waals surface area contributed by atoms with Gasteiger partial charge in [-0.25, -0.2) is 18.7 Å². The Kier molecular flexibility index (Phi) is 5.39. The summed E-state index contributed by atoms with van der Waals surface area (Å²) in [5.74, 6) is 1.23. The normalized spacial score (nSPS) is 25.1. The Labute approximate surface area is 202 Å². The number of halogens is 1. The lowest BCUT2D eigenvalue weighted by atomic mass is 10.0. The number of aromatic nitrogens is 5. The SMILES string of the molecule is COCc1cc2c(Nc3cc([C@@H]4CC[C@H](OC(=O)NC5(C)CC5)[C@H]4F)[nH]n3)nc(C3CC3)cn2n1. The van der Waals surface area contributed by atoms with Crippen LogP contribution in [0.2, 0.25) is 0 Å². The Hall–Kier alpha value is -3.21. The highest BCUT2D eigenvalue weighted by Gasteiger charge is 2.43. The Bertz CT molecular complexity index is 1250. The van der Waals surface area contributed by atoms with Crippen molar-refractivity contribution >= 4 is 23.2 Å². The molecule has 3 saturated carbocycles. The Morgan fingerprint density at radius 2 is 2.11 bits per heavy atom. The molecule has 3 aromatic heterocycles. The molecule has 186 valence electrons. The van der Waals surface area contributed by atoms with Crippen LogP contribution in [0.15, 0.2) is 18.3 Å². The van der Waals surface area contributed by atoms with Gasteiger partial charge in [-0.1, -0.05) is 0 Å². The van der Waals surface area contributed by atoms with Crippen LogP contribution in [0, 0.1) is 0 Å². The number of carbonyl (C=O) groups is 1. The number of methoxy groups -OCH3 is 1. The van der Waals surface area contributed by atoms with E-state index in [0.29, 0.717) is 42.7 Å². The third kappa shape index (κ3) is 4.56. The molecule has 0 unspecified atom stereocenters. The average molecular weight is 484 g/mol. The van der Waals surface area contributed by atoms with Gasteiger partial charge in [0, 0.05) is 36.2 Å². The molecule has 3 aromatic rings. The number of hydrogen-bond acceptors (Lipinski definition) is 7. The summed E-state index contributed by atoms with van der Waals surface area (Å²) in [6.45, 7) is 2.37. The Morgan fingerprint density at radius 3 is 2.86 bits per heavy atom. The number of rotatable bonds is 8. The fourth-order valence-corrected chi connectivity index (χ4v) is 4.76. The van der Waals surface area contributed by atoms with E-state index in [1.165, 1.54) is 0 Å². The van der Waals surface area contributed by atoms with E-state index in [2.05, 4.69) is 25.9 Å². The summed E-state index contributed by atoms with van der Waals surface area (Å²) in [5.41, 5.74) is 3.09. The van der Waals surface area contributed by atoms with Gasteiger partial charge in [0.25, 0.3) is 0 Å². The van der Waals surface area contributed by atoms with Gasteiger partial charge in [0.1, 0.15) is 17.8 Å². The van der Waals surface area contributed by atoms with Crippen LogP contribution in [0.1, 0.15) is 74.4 Å². The highest BCUT2D eigenvalue weighted by atomic mass is 19.1. The number of H-pyrrole nitrogens is 1. The van der Waals surface area contributed by atoms with Crippen LogP contribution in [0.3, 0.4) is 0 Å². The number of fused-ring (bicyclic) bond motifs is 1. The minimum atomic E-state index is -1.30. The van der Waals surface area contributed by atoms with Crippen LogP contribution in [-0.2, 0) is 16.1 Å². The van der Waals surface area contributed by atoms with Crippen molar-refractivity contribution < 1.29 is 18.7 Å². The predicted octanol–water partition coefficient (Wildman–Crippen LogP) is 4.08. The lowest BCUT2D eigenvalue weighted by Gasteiger charge is -2.19. The highest BCUT2D eigenvalue weighted by Crippen LogP contribution is 2.41. The van der Waals surface area contributed by atoms with Gasteiger partial charge in [0.2, 0.25) is 0 Å². The first-order chi connectivity index (χ1) is 16.9. The van der Waals surface area contributed by atoms with E-state index in [-0.39, 0.29) is 5.54 Å². The standard InChI is InChI=1S/C24H30FN7O3/c1-24(7-8-24)28-23(33)35-19-6-5-15(21(19)25)16-10-20(30-29-16)27-22-18-9-14(12-34-2)31-32(18)11-17(26-22)13-3-4-13/h9-11,13,15,19,21H,3-8,12H2,1-2H3,(H,28,33)(H2,26,27,29,30)/t15-,19-,21-/m0/s1. The third-order valence-electron chi connectivity index (χ3n) is 7.22. The van der Waals surface area contributed by atoms with Gasteiger partial charge in [0.15, 0.2) is 11.6 Å². The zero-order chi connectivity index (χ0) is 24.2. The van der Waals surface area contributed by atoms with Crippen molar-refractivity contribution in [3.8, 4) is 0 Å². The zero-order valence-corrected chi connectivity index (χ0v) is 19.9. The minimum absolute atomic E-state index is 0.194. The molecule has 3 aliphatic carbocycles. The molecule has 0 radical (unpaired) electrons. The van der Waals surface area contributed by atoms with E-state index in [1.807, 2.05) is 23.7 Å². The van der Waals surface area contributed by atoms with Crippen molar-refractivity contribution in [3.05, 3.63) is 35.4 Å². The molecule has 3 heterocycles. The number of amides is 1. The number of alkyl halides is 1. The molecule has 3 atom stereocenters.